The lowest BCUT2D eigenvalue weighted by atomic mass is 9.85. The van der Waals surface area contributed by atoms with Crippen LogP contribution in [0.5, 0.6) is 5.75 Å². The maximum Gasteiger partial charge on any atom is 0.573 e. The summed E-state index contributed by atoms with van der Waals surface area (Å²) in [6, 6.07) is 8.98. The number of nitrogens with one attached hydrogen (secondary N) is 3. The Morgan fingerprint density at radius 2 is 1.88 bits per heavy atom. The molecule has 1 aromatic carbocycles. The number of ether oxygens (including phenoxy) is 1. The molecule has 0 saturated heterocycles. The predicted octanol–water partition coefficient (Wildman–Crippen LogP) is 4.83. The highest BCUT2D eigenvalue weighted by Gasteiger charge is 2.32. The fourth-order valence-electron chi connectivity index (χ4n) is 3.98. The summed E-state index contributed by atoms with van der Waals surface area (Å²) >= 11 is 0. The number of halogens is 3. The minimum Gasteiger partial charge on any atom is -0.405 e. The van der Waals surface area contributed by atoms with E-state index in [1.807, 2.05) is 0 Å². The van der Waals surface area contributed by atoms with Crippen molar-refractivity contribution in [3.63, 3.8) is 0 Å². The van der Waals surface area contributed by atoms with Gasteiger partial charge in [-0.05, 0) is 37.7 Å². The van der Waals surface area contributed by atoms with Gasteiger partial charge in [-0.1, -0.05) is 32.0 Å². The second kappa shape index (κ2) is 11.2. The third-order valence-corrected chi connectivity index (χ3v) is 5.52. The van der Waals surface area contributed by atoms with Crippen LogP contribution in [0.3, 0.4) is 0 Å². The van der Waals surface area contributed by atoms with Gasteiger partial charge in [0.1, 0.15) is 23.2 Å². The molecule has 178 valence electrons. The molecule has 1 fully saturated rings. The van der Waals surface area contributed by atoms with Gasteiger partial charge in [-0.15, -0.1) is 13.2 Å². The molecule has 1 aromatic heterocycles. The average Bonchev–Trinajstić information content (AvgIpc) is 2.76. The van der Waals surface area contributed by atoms with Crippen molar-refractivity contribution in [1.82, 2.24) is 15.3 Å². The molecular weight excluding hydrogens is 433 g/mol. The van der Waals surface area contributed by atoms with Gasteiger partial charge in [0.25, 0.3) is 0 Å². The topological polar surface area (TPSA) is 94.9 Å². The van der Waals surface area contributed by atoms with Crippen molar-refractivity contribution in [2.24, 2.45) is 5.92 Å². The Labute approximate surface area is 191 Å². The van der Waals surface area contributed by atoms with Gasteiger partial charge in [-0.2, -0.15) is 10.2 Å². The maximum absolute atomic E-state index is 12.6. The molecule has 2 aromatic rings. The number of nitrogens with zero attached hydrogens (tertiary/aromatic N) is 3. The van der Waals surface area contributed by atoms with Crippen LogP contribution in [0.1, 0.15) is 50.7 Å². The van der Waals surface area contributed by atoms with Gasteiger partial charge in [0, 0.05) is 30.7 Å². The Balaban J connectivity index is 1.59. The van der Waals surface area contributed by atoms with Crippen LogP contribution in [0.4, 0.5) is 24.9 Å². The lowest BCUT2D eigenvalue weighted by molar-refractivity contribution is -0.274. The third kappa shape index (κ3) is 7.79. The summed E-state index contributed by atoms with van der Waals surface area (Å²) < 4.78 is 42.0. The number of rotatable bonds is 9. The lowest BCUT2D eigenvalue weighted by Crippen LogP contribution is -2.38. The number of alkyl halides is 3. The summed E-state index contributed by atoms with van der Waals surface area (Å²) in [7, 11) is 0. The molecule has 10 heteroatoms. The number of hydrogen-bond acceptors (Lipinski definition) is 7. The molecule has 0 spiro atoms. The van der Waals surface area contributed by atoms with Crippen molar-refractivity contribution < 1.29 is 17.9 Å². The van der Waals surface area contributed by atoms with E-state index in [-0.39, 0.29) is 18.2 Å². The monoisotopic (exact) mass is 462 g/mol. The summed E-state index contributed by atoms with van der Waals surface area (Å²) in [5, 5.41) is 19.2. The Bertz CT molecular complexity index is 952. The summed E-state index contributed by atoms with van der Waals surface area (Å²) in [5.74, 6) is 0.826. The number of para-hydroxylation sites is 1. The maximum atomic E-state index is 12.6. The summed E-state index contributed by atoms with van der Waals surface area (Å²) in [4.78, 5) is 8.48. The zero-order chi connectivity index (χ0) is 23.8. The van der Waals surface area contributed by atoms with Gasteiger partial charge in [-0.25, -0.2) is 4.98 Å². The molecule has 0 bridgehead atoms. The highest BCUT2D eigenvalue weighted by molar-refractivity contribution is 5.53. The van der Waals surface area contributed by atoms with Gasteiger partial charge in [0.15, 0.2) is 0 Å². The minimum absolute atomic E-state index is 0.0322. The van der Waals surface area contributed by atoms with Gasteiger partial charge in [0.05, 0.1) is 6.20 Å². The molecule has 0 aliphatic heterocycles. The SMILES string of the molecule is CC(C)N[C@H]1CC[C@H](CNc2nc(NCc3ccccc3OC(F)(F)F)ncc2C#N)CC1. The first-order chi connectivity index (χ1) is 15.7. The predicted molar refractivity (Wildman–Crippen MR) is 120 cm³/mol. The van der Waals surface area contributed by atoms with Crippen molar-refractivity contribution in [1.29, 1.82) is 5.26 Å². The van der Waals surface area contributed by atoms with Crippen LogP contribution in [0.25, 0.3) is 0 Å². The summed E-state index contributed by atoms with van der Waals surface area (Å²) in [6.07, 6.45) is 1.04. The third-order valence-electron chi connectivity index (χ3n) is 5.52. The van der Waals surface area contributed by atoms with Crippen LogP contribution in [0.15, 0.2) is 30.5 Å². The minimum atomic E-state index is -4.78. The van der Waals surface area contributed by atoms with E-state index in [4.69, 9.17) is 0 Å². The quantitative estimate of drug-likeness (QED) is 0.491. The van der Waals surface area contributed by atoms with Gasteiger partial charge < -0.3 is 20.7 Å². The van der Waals surface area contributed by atoms with Gasteiger partial charge in [-0.3, -0.25) is 0 Å². The van der Waals surface area contributed by atoms with Crippen LogP contribution in [-0.4, -0.2) is 35.0 Å². The van der Waals surface area contributed by atoms with Crippen LogP contribution in [0.2, 0.25) is 0 Å². The van der Waals surface area contributed by atoms with Gasteiger partial charge in [0.2, 0.25) is 5.95 Å². The Kier molecular flexibility index (Phi) is 8.33. The molecule has 0 atom stereocenters. The number of anilines is 2. The molecule has 3 N–H and O–H groups in total. The van der Waals surface area contributed by atoms with Crippen molar-refractivity contribution in [2.45, 2.75) is 64.5 Å². The van der Waals surface area contributed by atoms with E-state index in [2.05, 4.69) is 50.6 Å². The number of benzene rings is 1. The number of aromatic nitrogens is 2. The van der Waals surface area contributed by atoms with Crippen LogP contribution >= 0.6 is 0 Å². The molecule has 3 rings (SSSR count). The first-order valence-corrected chi connectivity index (χ1v) is 11.1. The van der Waals surface area contributed by atoms with E-state index >= 15 is 0 Å². The van der Waals surface area contributed by atoms with Crippen LogP contribution < -0.4 is 20.7 Å². The normalized spacial score (nSPS) is 18.6. The molecule has 1 saturated carbocycles. The highest BCUT2D eigenvalue weighted by atomic mass is 19.4. The zero-order valence-electron chi connectivity index (χ0n) is 18.7. The molecule has 1 heterocycles. The van der Waals surface area contributed by atoms with Crippen LogP contribution in [-0.2, 0) is 6.54 Å². The number of hydrogen-bond donors (Lipinski definition) is 3. The fourth-order valence-corrected chi connectivity index (χ4v) is 3.98. The second-order valence-corrected chi connectivity index (χ2v) is 8.50. The van der Waals surface area contributed by atoms with E-state index in [9.17, 15) is 18.4 Å². The summed E-state index contributed by atoms with van der Waals surface area (Å²) in [5.41, 5.74) is 0.626. The Hall–Kier alpha value is -3.06. The molecule has 1 aliphatic carbocycles. The standard InChI is InChI=1S/C23H29F3N6O/c1-15(2)31-19-9-7-16(8-10-19)12-28-21-18(11-27)14-30-22(32-21)29-13-17-5-3-4-6-20(17)33-23(24,25)26/h3-6,14-16,19,31H,7-10,12-13H2,1-2H3,(H2,28,29,30,32)/t16-,19-. The highest BCUT2D eigenvalue weighted by Crippen LogP contribution is 2.27. The van der Waals surface area contributed by atoms with Crippen molar-refractivity contribution >= 4 is 11.8 Å². The van der Waals surface area contributed by atoms with E-state index in [0.29, 0.717) is 41.5 Å². The van der Waals surface area contributed by atoms with Gasteiger partial charge >= 0.3 is 6.36 Å². The fraction of sp³-hybridized carbons (Fsp3) is 0.522. The molecule has 7 nitrogen and oxygen atoms in total. The largest absolute Gasteiger partial charge is 0.573 e. The first kappa shape index (κ1) is 24.6. The molecule has 0 radical (unpaired) electrons. The van der Waals surface area contributed by atoms with Crippen molar-refractivity contribution in [3.05, 3.63) is 41.6 Å². The molecule has 0 amide bonds. The summed E-state index contributed by atoms with van der Waals surface area (Å²) in [6.45, 7) is 5.03. The molecule has 33 heavy (non-hydrogen) atoms. The molecule has 1 aliphatic rings. The Morgan fingerprint density at radius 3 is 2.55 bits per heavy atom. The van der Waals surface area contributed by atoms with E-state index in [0.717, 1.165) is 25.7 Å². The molecule has 0 unspecified atom stereocenters. The molecular formula is C23H29F3N6O. The van der Waals surface area contributed by atoms with Crippen molar-refractivity contribution in [2.75, 3.05) is 17.2 Å². The van der Waals surface area contributed by atoms with Crippen LogP contribution in [0, 0.1) is 17.2 Å². The smallest absolute Gasteiger partial charge is 0.405 e. The number of nitriles is 1. The first-order valence-electron chi connectivity index (χ1n) is 11.1. The average molecular weight is 463 g/mol. The lowest BCUT2D eigenvalue weighted by Gasteiger charge is -2.30. The Morgan fingerprint density at radius 1 is 1.15 bits per heavy atom. The zero-order valence-corrected chi connectivity index (χ0v) is 18.7. The van der Waals surface area contributed by atoms with E-state index < -0.39 is 6.36 Å². The van der Waals surface area contributed by atoms with E-state index in [1.165, 1.54) is 24.4 Å². The second-order valence-electron chi connectivity index (χ2n) is 8.50. The van der Waals surface area contributed by atoms with E-state index in [1.54, 1.807) is 6.07 Å². The van der Waals surface area contributed by atoms with Crippen molar-refractivity contribution in [3.8, 4) is 11.8 Å².